The first-order valence-electron chi connectivity index (χ1n) is 16.7. The van der Waals surface area contributed by atoms with E-state index in [0.29, 0.717) is 40.1 Å². The predicted molar refractivity (Wildman–Crippen MR) is 191 cm³/mol. The van der Waals surface area contributed by atoms with Gasteiger partial charge in [-0.05, 0) is 81.0 Å². The maximum Gasteiger partial charge on any atom is 0.382 e. The lowest BCUT2D eigenvalue weighted by Gasteiger charge is -2.49. The van der Waals surface area contributed by atoms with Crippen LogP contribution >= 0.6 is 23.2 Å². The molecule has 4 atom stereocenters. The number of sulfonamides is 1. The molecule has 1 aliphatic carbocycles. The van der Waals surface area contributed by atoms with Crippen LogP contribution in [0.3, 0.4) is 0 Å². The summed E-state index contributed by atoms with van der Waals surface area (Å²) in [6, 6.07) is 14.8. The summed E-state index contributed by atoms with van der Waals surface area (Å²) in [5.74, 6) is -7.34. The first-order valence-corrected chi connectivity index (χ1v) is 19.3. The van der Waals surface area contributed by atoms with Gasteiger partial charge in [-0.3, -0.25) is 9.59 Å². The van der Waals surface area contributed by atoms with E-state index >= 15 is 8.78 Å². The summed E-state index contributed by atoms with van der Waals surface area (Å²) in [5, 5.41) is 3.52. The first kappa shape index (κ1) is 38.6. The third kappa shape index (κ3) is 8.90. The highest BCUT2D eigenvalue weighted by atomic mass is 35.5. The third-order valence-electron chi connectivity index (χ3n) is 9.05. The van der Waals surface area contributed by atoms with E-state index in [1.165, 1.54) is 39.0 Å². The summed E-state index contributed by atoms with van der Waals surface area (Å²) in [4.78, 5) is 42.8. The van der Waals surface area contributed by atoms with Gasteiger partial charge in [0.2, 0.25) is 15.9 Å². The average Bonchev–Trinajstić information content (AvgIpc) is 3.04. The predicted octanol–water partition coefficient (Wildman–Crippen LogP) is 6.93. The zero-order chi connectivity index (χ0) is 37.3. The van der Waals surface area contributed by atoms with E-state index in [-0.39, 0.29) is 23.9 Å². The molecule has 1 heterocycles. The van der Waals surface area contributed by atoms with Gasteiger partial charge in [-0.15, -0.1) is 0 Å². The van der Waals surface area contributed by atoms with Gasteiger partial charge in [0.15, 0.2) is 0 Å². The summed E-state index contributed by atoms with van der Waals surface area (Å²) in [7, 11) is -3.65. The van der Waals surface area contributed by atoms with Crippen molar-refractivity contribution in [3.8, 4) is 0 Å². The molecule has 0 aromatic heterocycles. The zero-order valence-electron chi connectivity index (χ0n) is 28.7. The van der Waals surface area contributed by atoms with Gasteiger partial charge in [-0.25, -0.2) is 17.9 Å². The highest BCUT2D eigenvalue weighted by molar-refractivity contribution is 7.88. The topological polar surface area (TPSA) is 122 Å². The van der Waals surface area contributed by atoms with Crippen molar-refractivity contribution >= 4 is 51.0 Å². The van der Waals surface area contributed by atoms with E-state index < -0.39 is 63.0 Å². The van der Waals surface area contributed by atoms with Crippen LogP contribution in [0.25, 0.3) is 0 Å². The number of fused-ring (bicyclic) bond motifs is 1. The summed E-state index contributed by atoms with van der Waals surface area (Å²) >= 11 is 13.1. The average molecular weight is 765 g/mol. The van der Waals surface area contributed by atoms with Crippen molar-refractivity contribution in [2.24, 2.45) is 0 Å². The van der Waals surface area contributed by atoms with Gasteiger partial charge in [0.25, 0.3) is 5.91 Å². The van der Waals surface area contributed by atoms with Gasteiger partial charge in [0.05, 0.1) is 18.2 Å². The number of carbonyl (C=O) groups excluding carboxylic acids is 3. The van der Waals surface area contributed by atoms with Crippen LogP contribution in [0.5, 0.6) is 0 Å². The standard InChI is InChI=1S/C37H41Cl2F2N3O6S/c1-36(2,3)50-35(47)37(40,41)23-11-9-10-22(20-23)18-19-42-33(45)31-25-12-5-6-13-26(25)34(46)44(32(31)27-17-16-24(38)21-28(27)39)30-15-8-7-14-29(30)43-51(4,48)49/h5-6,9-13,16-17,20-21,29-32,43H,7-8,14-15,18-19H2,1-4H3,(H,42,45)/t29-,30-,31+,32-/m0/s1. The fraction of sp³-hybridized carbons (Fsp3) is 0.432. The highest BCUT2D eigenvalue weighted by Gasteiger charge is 2.49. The van der Waals surface area contributed by atoms with Gasteiger partial charge in [-0.1, -0.05) is 78.5 Å². The van der Waals surface area contributed by atoms with Gasteiger partial charge >= 0.3 is 11.9 Å². The number of hydrogen-bond acceptors (Lipinski definition) is 6. The maximum absolute atomic E-state index is 15.1. The molecule has 0 spiro atoms. The van der Waals surface area contributed by atoms with Crippen molar-refractivity contribution in [3.63, 3.8) is 0 Å². The van der Waals surface area contributed by atoms with Crippen LogP contribution in [0.4, 0.5) is 8.78 Å². The monoisotopic (exact) mass is 763 g/mol. The molecule has 51 heavy (non-hydrogen) atoms. The second kappa shape index (κ2) is 15.2. The number of benzene rings is 3. The number of nitrogens with zero attached hydrogens (tertiary/aromatic N) is 1. The number of carbonyl (C=O) groups is 3. The van der Waals surface area contributed by atoms with E-state index in [9.17, 15) is 22.8 Å². The van der Waals surface area contributed by atoms with Gasteiger partial charge < -0.3 is 15.0 Å². The molecular weight excluding hydrogens is 723 g/mol. The van der Waals surface area contributed by atoms with E-state index in [2.05, 4.69) is 10.0 Å². The molecule has 1 saturated carbocycles. The summed E-state index contributed by atoms with van der Waals surface area (Å²) in [5.41, 5.74) is 0.0553. The maximum atomic E-state index is 15.1. The molecule has 0 bridgehead atoms. The number of nitrogens with one attached hydrogen (secondary N) is 2. The molecule has 1 fully saturated rings. The van der Waals surface area contributed by atoms with Crippen molar-refractivity contribution in [3.05, 3.63) is 105 Å². The molecule has 1 aliphatic heterocycles. The van der Waals surface area contributed by atoms with Crippen LogP contribution in [0.15, 0.2) is 66.7 Å². The molecule has 0 unspecified atom stereocenters. The molecule has 3 aromatic carbocycles. The van der Waals surface area contributed by atoms with E-state index in [0.717, 1.165) is 25.2 Å². The minimum Gasteiger partial charge on any atom is -0.455 e. The SMILES string of the molecule is CC(C)(C)OC(=O)C(F)(F)c1cccc(CCNC(=O)[C@@H]2c3ccccc3C(=O)N([C@H]3CCCC[C@@H]3NS(C)(=O)=O)[C@H]2c2ccc(Cl)cc2Cl)c1. The second-order valence-electron chi connectivity index (χ2n) is 14.1. The summed E-state index contributed by atoms with van der Waals surface area (Å²) in [6.07, 6.45) is 3.69. The first-order chi connectivity index (χ1) is 23.9. The Morgan fingerprint density at radius 1 is 0.961 bits per heavy atom. The number of amides is 2. The zero-order valence-corrected chi connectivity index (χ0v) is 31.0. The fourth-order valence-electron chi connectivity index (χ4n) is 6.95. The van der Waals surface area contributed by atoms with Crippen LogP contribution in [0, 0.1) is 0 Å². The molecule has 2 N–H and O–H groups in total. The fourth-order valence-corrected chi connectivity index (χ4v) is 8.30. The summed E-state index contributed by atoms with van der Waals surface area (Å²) < 4.78 is 62.7. The Hall–Kier alpha value is -3.58. The van der Waals surface area contributed by atoms with Crippen LogP contribution in [0.2, 0.25) is 10.0 Å². The van der Waals surface area contributed by atoms with Crippen molar-refractivity contribution < 1.29 is 36.3 Å². The number of hydrogen-bond donors (Lipinski definition) is 2. The molecule has 9 nitrogen and oxygen atoms in total. The minimum absolute atomic E-state index is 0.0374. The van der Waals surface area contributed by atoms with Crippen molar-refractivity contribution in [2.75, 3.05) is 12.8 Å². The number of esters is 1. The minimum atomic E-state index is -3.89. The Balaban J connectivity index is 1.49. The smallest absolute Gasteiger partial charge is 0.382 e. The van der Waals surface area contributed by atoms with Crippen LogP contribution in [0.1, 0.15) is 91.0 Å². The van der Waals surface area contributed by atoms with Crippen LogP contribution in [-0.2, 0) is 36.7 Å². The highest BCUT2D eigenvalue weighted by Crippen LogP contribution is 2.48. The molecule has 3 aromatic rings. The van der Waals surface area contributed by atoms with Crippen molar-refractivity contribution in [1.82, 2.24) is 14.9 Å². The Kier molecular flexibility index (Phi) is 11.5. The van der Waals surface area contributed by atoms with Crippen molar-refractivity contribution in [2.45, 2.75) is 88.4 Å². The molecule has 0 saturated heterocycles. The van der Waals surface area contributed by atoms with E-state index in [1.807, 2.05) is 0 Å². The lowest BCUT2D eigenvalue weighted by molar-refractivity contribution is -0.185. The Morgan fingerprint density at radius 2 is 1.67 bits per heavy atom. The Morgan fingerprint density at radius 3 is 2.35 bits per heavy atom. The van der Waals surface area contributed by atoms with E-state index in [4.69, 9.17) is 27.9 Å². The lowest BCUT2D eigenvalue weighted by atomic mass is 9.76. The number of ether oxygens (including phenoxy) is 1. The molecule has 0 radical (unpaired) electrons. The molecular formula is C37H41Cl2F2N3O6S. The van der Waals surface area contributed by atoms with E-state index in [1.54, 1.807) is 47.4 Å². The Bertz CT molecular complexity index is 1920. The molecule has 274 valence electrons. The second-order valence-corrected chi connectivity index (χ2v) is 16.7. The largest absolute Gasteiger partial charge is 0.455 e. The molecule has 5 rings (SSSR count). The quantitative estimate of drug-likeness (QED) is 0.216. The number of rotatable bonds is 10. The summed E-state index contributed by atoms with van der Waals surface area (Å²) in [6.45, 7) is 4.55. The van der Waals surface area contributed by atoms with Crippen molar-refractivity contribution in [1.29, 1.82) is 0 Å². The Labute approximate surface area is 307 Å². The third-order valence-corrected chi connectivity index (χ3v) is 10.3. The molecule has 2 aliphatic rings. The van der Waals surface area contributed by atoms with Gasteiger partial charge in [-0.2, -0.15) is 8.78 Å². The number of alkyl halides is 2. The van der Waals surface area contributed by atoms with Crippen LogP contribution in [-0.4, -0.2) is 61.6 Å². The molecule has 2 amide bonds. The molecule has 14 heteroatoms. The van der Waals surface area contributed by atoms with Gasteiger partial charge in [0.1, 0.15) is 5.60 Å². The van der Waals surface area contributed by atoms with Gasteiger partial charge in [0, 0.05) is 39.8 Å². The lowest BCUT2D eigenvalue weighted by Crippen LogP contribution is -2.59. The number of halogens is 4. The normalized spacial score (nSPS) is 21.2. The van der Waals surface area contributed by atoms with Crippen LogP contribution < -0.4 is 10.0 Å².